The Bertz CT molecular complexity index is 178. The van der Waals surface area contributed by atoms with E-state index < -0.39 is 0 Å². The third kappa shape index (κ3) is 12.0. The minimum absolute atomic E-state index is 0.863. The maximum Gasteiger partial charge on any atom is -0.0348 e. The molecule has 17 heavy (non-hydrogen) atoms. The Labute approximate surface area is 110 Å². The molecule has 102 valence electrons. The minimum atomic E-state index is 0.863. The molecular weight excluding hydrogens is 204 g/mol. The van der Waals surface area contributed by atoms with Gasteiger partial charge in [-0.05, 0) is 43.4 Å². The molecule has 0 aliphatic rings. The van der Waals surface area contributed by atoms with Crippen LogP contribution in [0, 0.1) is 17.8 Å². The molecule has 0 amide bonds. The lowest BCUT2D eigenvalue weighted by Gasteiger charge is -2.15. The van der Waals surface area contributed by atoms with E-state index in [1.165, 1.54) is 44.9 Å². The molecule has 0 rings (SSSR count). The fourth-order valence-electron chi connectivity index (χ4n) is 2.55. The largest absolute Gasteiger partial charge is 0.0888 e. The smallest absolute Gasteiger partial charge is 0.0348 e. The zero-order valence-electron chi connectivity index (χ0n) is 12.8. The lowest BCUT2D eigenvalue weighted by Crippen LogP contribution is -2.01. The molecule has 0 saturated heterocycles. The molecule has 0 aromatic carbocycles. The Balaban J connectivity index is 3.43. The van der Waals surface area contributed by atoms with Crippen molar-refractivity contribution in [3.05, 3.63) is 12.2 Å². The second kappa shape index (κ2) is 10.9. The second-order valence-corrected chi connectivity index (χ2v) is 6.23. The summed E-state index contributed by atoms with van der Waals surface area (Å²) in [5.41, 5.74) is 0. The van der Waals surface area contributed by atoms with Crippen molar-refractivity contribution in [2.24, 2.45) is 17.8 Å². The van der Waals surface area contributed by atoms with Crippen LogP contribution >= 0.6 is 0 Å². The Morgan fingerprint density at radius 2 is 1.47 bits per heavy atom. The monoisotopic (exact) mass is 238 g/mol. The van der Waals surface area contributed by atoms with E-state index in [0.717, 1.165) is 17.8 Å². The molecule has 0 aromatic heterocycles. The highest BCUT2D eigenvalue weighted by atomic mass is 14.1. The number of allylic oxidation sites excluding steroid dienone is 2. The highest BCUT2D eigenvalue weighted by Crippen LogP contribution is 2.20. The first-order valence-electron chi connectivity index (χ1n) is 7.71. The fraction of sp³-hybridized carbons (Fsp3) is 0.882. The molecule has 2 unspecified atom stereocenters. The predicted octanol–water partition coefficient (Wildman–Crippen LogP) is 6.22. The van der Waals surface area contributed by atoms with Crippen LogP contribution in [-0.4, -0.2) is 0 Å². The van der Waals surface area contributed by atoms with E-state index in [4.69, 9.17) is 0 Å². The summed E-state index contributed by atoms with van der Waals surface area (Å²) >= 11 is 0. The van der Waals surface area contributed by atoms with E-state index in [9.17, 15) is 0 Å². The third-order valence-electron chi connectivity index (χ3n) is 3.50. The van der Waals surface area contributed by atoms with Crippen LogP contribution in [-0.2, 0) is 0 Å². The first kappa shape index (κ1) is 16.7. The van der Waals surface area contributed by atoms with Crippen LogP contribution < -0.4 is 0 Å². The molecular formula is C17H34. The van der Waals surface area contributed by atoms with Gasteiger partial charge in [-0.15, -0.1) is 0 Å². The maximum absolute atomic E-state index is 2.41. The van der Waals surface area contributed by atoms with E-state index in [-0.39, 0.29) is 0 Å². The highest BCUT2D eigenvalue weighted by molar-refractivity contribution is 4.80. The molecule has 0 heteroatoms. The fourth-order valence-corrected chi connectivity index (χ4v) is 2.55. The van der Waals surface area contributed by atoms with Crippen LogP contribution in [0.1, 0.15) is 79.6 Å². The van der Waals surface area contributed by atoms with E-state index >= 15 is 0 Å². The van der Waals surface area contributed by atoms with Gasteiger partial charge in [-0.25, -0.2) is 0 Å². The lowest BCUT2D eigenvalue weighted by molar-refractivity contribution is 0.377. The van der Waals surface area contributed by atoms with Gasteiger partial charge >= 0.3 is 0 Å². The summed E-state index contributed by atoms with van der Waals surface area (Å²) in [4.78, 5) is 0. The van der Waals surface area contributed by atoms with Crippen LogP contribution in [0.3, 0.4) is 0 Å². The summed E-state index contributed by atoms with van der Waals surface area (Å²) in [6, 6.07) is 0. The molecule has 0 nitrogen and oxygen atoms in total. The van der Waals surface area contributed by atoms with Crippen LogP contribution in [0.2, 0.25) is 0 Å². The average Bonchev–Trinajstić information content (AvgIpc) is 2.23. The molecule has 0 aliphatic heterocycles. The molecule has 2 atom stereocenters. The first-order valence-corrected chi connectivity index (χ1v) is 7.71. The van der Waals surface area contributed by atoms with E-state index in [2.05, 4.69) is 46.8 Å². The third-order valence-corrected chi connectivity index (χ3v) is 3.50. The Hall–Kier alpha value is -0.260. The Morgan fingerprint density at radius 1 is 0.824 bits per heavy atom. The van der Waals surface area contributed by atoms with Gasteiger partial charge in [-0.2, -0.15) is 0 Å². The van der Waals surface area contributed by atoms with Gasteiger partial charge in [0.25, 0.3) is 0 Å². The summed E-state index contributed by atoms with van der Waals surface area (Å²) in [5, 5.41) is 0. The van der Waals surface area contributed by atoms with Crippen molar-refractivity contribution >= 4 is 0 Å². The normalized spacial score (nSPS) is 15.6. The molecule has 0 aromatic rings. The number of rotatable bonds is 10. The minimum Gasteiger partial charge on any atom is -0.0888 e. The molecule has 0 heterocycles. The quantitative estimate of drug-likeness (QED) is 0.396. The molecule has 0 saturated carbocycles. The van der Waals surface area contributed by atoms with Crippen molar-refractivity contribution in [1.29, 1.82) is 0 Å². The maximum atomic E-state index is 2.41. The number of hydrogen-bond donors (Lipinski definition) is 0. The van der Waals surface area contributed by atoms with Gasteiger partial charge in [-0.3, -0.25) is 0 Å². The SMILES string of the molecule is CCC=CCCC(C)CCCC(C)CC(C)C. The predicted molar refractivity (Wildman–Crippen MR) is 80.3 cm³/mol. The van der Waals surface area contributed by atoms with Crippen LogP contribution in [0.25, 0.3) is 0 Å². The van der Waals surface area contributed by atoms with Crippen molar-refractivity contribution in [1.82, 2.24) is 0 Å². The zero-order chi connectivity index (χ0) is 13.1. The summed E-state index contributed by atoms with van der Waals surface area (Å²) in [6.45, 7) is 11.7. The van der Waals surface area contributed by atoms with Gasteiger partial charge in [0.2, 0.25) is 0 Å². The van der Waals surface area contributed by atoms with Crippen LogP contribution in [0.15, 0.2) is 12.2 Å². The summed E-state index contributed by atoms with van der Waals surface area (Å²) in [5.74, 6) is 2.69. The standard InChI is InChI=1S/C17H34/c1-6-7-8-9-11-16(4)12-10-13-17(5)14-15(2)3/h7-8,15-17H,6,9-14H2,1-5H3. The van der Waals surface area contributed by atoms with E-state index in [0.29, 0.717) is 0 Å². The van der Waals surface area contributed by atoms with Crippen molar-refractivity contribution in [2.75, 3.05) is 0 Å². The molecule has 0 radical (unpaired) electrons. The van der Waals surface area contributed by atoms with Crippen molar-refractivity contribution in [2.45, 2.75) is 79.6 Å². The summed E-state index contributed by atoms with van der Waals surface area (Å²) < 4.78 is 0. The summed E-state index contributed by atoms with van der Waals surface area (Å²) in [6.07, 6.45) is 14.1. The number of hydrogen-bond acceptors (Lipinski definition) is 0. The molecule has 0 bridgehead atoms. The molecule has 0 fully saturated rings. The van der Waals surface area contributed by atoms with Crippen molar-refractivity contribution in [3.8, 4) is 0 Å². The lowest BCUT2D eigenvalue weighted by atomic mass is 9.91. The second-order valence-electron chi connectivity index (χ2n) is 6.23. The van der Waals surface area contributed by atoms with Crippen molar-refractivity contribution < 1.29 is 0 Å². The summed E-state index contributed by atoms with van der Waals surface area (Å²) in [7, 11) is 0. The zero-order valence-corrected chi connectivity index (χ0v) is 12.8. The van der Waals surface area contributed by atoms with Crippen molar-refractivity contribution in [3.63, 3.8) is 0 Å². The van der Waals surface area contributed by atoms with Gasteiger partial charge < -0.3 is 0 Å². The Morgan fingerprint density at radius 3 is 2.06 bits per heavy atom. The van der Waals surface area contributed by atoms with Gasteiger partial charge in [-0.1, -0.05) is 66.0 Å². The molecule has 0 spiro atoms. The molecule has 0 N–H and O–H groups in total. The van der Waals surface area contributed by atoms with E-state index in [1.54, 1.807) is 0 Å². The van der Waals surface area contributed by atoms with Gasteiger partial charge in [0.05, 0.1) is 0 Å². The van der Waals surface area contributed by atoms with Crippen LogP contribution in [0.4, 0.5) is 0 Å². The Kier molecular flexibility index (Phi) is 10.7. The molecule has 0 aliphatic carbocycles. The highest BCUT2D eigenvalue weighted by Gasteiger charge is 2.06. The average molecular weight is 238 g/mol. The topological polar surface area (TPSA) is 0 Å². The first-order chi connectivity index (χ1) is 8.06. The van der Waals surface area contributed by atoms with Crippen LogP contribution in [0.5, 0.6) is 0 Å². The van der Waals surface area contributed by atoms with E-state index in [1.807, 2.05) is 0 Å². The van der Waals surface area contributed by atoms with Gasteiger partial charge in [0.15, 0.2) is 0 Å². The van der Waals surface area contributed by atoms with Gasteiger partial charge in [0, 0.05) is 0 Å². The van der Waals surface area contributed by atoms with Gasteiger partial charge in [0.1, 0.15) is 0 Å².